The van der Waals surface area contributed by atoms with Crippen LogP contribution in [-0.2, 0) is 20.1 Å². The molecule has 5 nitrogen and oxygen atoms in total. The second kappa shape index (κ2) is 6.61. The molecular formula is C15H24N4O. The number of anilines is 1. The molecule has 0 saturated carbocycles. The van der Waals surface area contributed by atoms with Crippen LogP contribution < -0.4 is 10.2 Å². The number of hydrogen-bond acceptors (Lipinski definition) is 4. The third-order valence-corrected chi connectivity index (χ3v) is 3.40. The van der Waals surface area contributed by atoms with Crippen molar-refractivity contribution >= 4 is 5.82 Å². The number of rotatable bonds is 7. The first kappa shape index (κ1) is 14.7. The molecule has 0 aliphatic heterocycles. The Morgan fingerprint density at radius 1 is 1.45 bits per heavy atom. The van der Waals surface area contributed by atoms with Crippen LogP contribution in [-0.4, -0.2) is 23.4 Å². The maximum Gasteiger partial charge on any atom is 0.131 e. The zero-order valence-electron chi connectivity index (χ0n) is 12.8. The van der Waals surface area contributed by atoms with Crippen molar-refractivity contribution in [2.75, 3.05) is 18.5 Å². The van der Waals surface area contributed by atoms with Gasteiger partial charge in [-0.1, -0.05) is 6.92 Å². The third kappa shape index (κ3) is 3.22. The lowest BCUT2D eigenvalue weighted by Gasteiger charge is -2.20. The predicted octanol–water partition coefficient (Wildman–Crippen LogP) is 2.46. The Labute approximate surface area is 120 Å². The minimum Gasteiger partial charge on any atom is -0.472 e. The Morgan fingerprint density at radius 3 is 2.90 bits per heavy atom. The number of hydrogen-bond donors (Lipinski definition) is 1. The number of aromatic nitrogens is 2. The van der Waals surface area contributed by atoms with Crippen LogP contribution in [0.3, 0.4) is 0 Å². The van der Waals surface area contributed by atoms with Crippen LogP contribution in [0, 0.1) is 6.92 Å². The Kier molecular flexibility index (Phi) is 4.84. The van der Waals surface area contributed by atoms with Gasteiger partial charge in [-0.3, -0.25) is 4.68 Å². The first-order chi connectivity index (χ1) is 9.63. The molecule has 2 aromatic heterocycles. The van der Waals surface area contributed by atoms with E-state index < -0.39 is 0 Å². The molecule has 0 unspecified atom stereocenters. The number of nitrogens with zero attached hydrogens (tertiary/aromatic N) is 3. The molecule has 0 radical (unpaired) electrons. The highest BCUT2D eigenvalue weighted by atomic mass is 16.3. The summed E-state index contributed by atoms with van der Waals surface area (Å²) >= 11 is 0. The standard InChI is InChI=1S/C15H24N4O/c1-5-7-16-9-14-12(2)17-19(4)15(14)18(3)10-13-6-8-20-11-13/h6,8,11,16H,5,7,9-10H2,1-4H3. The fourth-order valence-electron chi connectivity index (χ4n) is 2.50. The maximum atomic E-state index is 5.13. The average molecular weight is 276 g/mol. The molecular weight excluding hydrogens is 252 g/mol. The molecule has 1 N–H and O–H groups in total. The van der Waals surface area contributed by atoms with E-state index in [2.05, 4.69) is 36.2 Å². The average Bonchev–Trinajstić information content (AvgIpc) is 2.98. The number of nitrogens with one attached hydrogen (secondary N) is 1. The molecule has 0 aliphatic carbocycles. The van der Waals surface area contributed by atoms with E-state index in [4.69, 9.17) is 4.42 Å². The molecule has 0 amide bonds. The topological polar surface area (TPSA) is 46.2 Å². The van der Waals surface area contributed by atoms with Crippen LogP contribution in [0.4, 0.5) is 5.82 Å². The van der Waals surface area contributed by atoms with Crippen LogP contribution in [0.15, 0.2) is 23.0 Å². The fourth-order valence-corrected chi connectivity index (χ4v) is 2.50. The highest BCUT2D eigenvalue weighted by molar-refractivity contribution is 5.49. The maximum absolute atomic E-state index is 5.13. The smallest absolute Gasteiger partial charge is 0.131 e. The minimum absolute atomic E-state index is 0.816. The summed E-state index contributed by atoms with van der Waals surface area (Å²) in [5.41, 5.74) is 3.52. The molecule has 2 heterocycles. The molecule has 0 spiro atoms. The normalized spacial score (nSPS) is 11.0. The van der Waals surface area contributed by atoms with Gasteiger partial charge in [0.25, 0.3) is 0 Å². The van der Waals surface area contributed by atoms with Crippen molar-refractivity contribution in [3.05, 3.63) is 35.4 Å². The molecule has 0 fully saturated rings. The van der Waals surface area contributed by atoms with E-state index in [1.54, 1.807) is 12.5 Å². The third-order valence-electron chi connectivity index (χ3n) is 3.40. The van der Waals surface area contributed by atoms with Gasteiger partial charge in [-0.25, -0.2) is 0 Å². The molecule has 2 aromatic rings. The van der Waals surface area contributed by atoms with E-state index >= 15 is 0 Å². The molecule has 20 heavy (non-hydrogen) atoms. The second-order valence-corrected chi connectivity index (χ2v) is 5.18. The summed E-state index contributed by atoms with van der Waals surface area (Å²) in [6, 6.07) is 1.99. The van der Waals surface area contributed by atoms with Crippen molar-refractivity contribution in [1.29, 1.82) is 0 Å². The van der Waals surface area contributed by atoms with Crippen molar-refractivity contribution in [2.45, 2.75) is 33.4 Å². The summed E-state index contributed by atoms with van der Waals surface area (Å²) in [5.74, 6) is 1.16. The van der Waals surface area contributed by atoms with Gasteiger partial charge in [0.05, 0.1) is 18.2 Å². The van der Waals surface area contributed by atoms with Crippen LogP contribution >= 0.6 is 0 Å². The number of furan rings is 1. The quantitative estimate of drug-likeness (QED) is 0.789. The Bertz CT molecular complexity index is 530. The van der Waals surface area contributed by atoms with Crippen molar-refractivity contribution < 1.29 is 4.42 Å². The van der Waals surface area contributed by atoms with Gasteiger partial charge in [0.15, 0.2) is 0 Å². The van der Waals surface area contributed by atoms with E-state index in [-0.39, 0.29) is 0 Å². The van der Waals surface area contributed by atoms with Gasteiger partial charge in [-0.15, -0.1) is 0 Å². The van der Waals surface area contributed by atoms with Crippen LogP contribution in [0.1, 0.15) is 30.2 Å². The first-order valence-corrected chi connectivity index (χ1v) is 7.08. The molecule has 0 saturated heterocycles. The van der Waals surface area contributed by atoms with Gasteiger partial charge >= 0.3 is 0 Å². The SMILES string of the molecule is CCCNCc1c(C)nn(C)c1N(C)Cc1ccoc1. The van der Waals surface area contributed by atoms with E-state index in [0.29, 0.717) is 0 Å². The summed E-state index contributed by atoms with van der Waals surface area (Å²) in [6.07, 6.45) is 4.63. The Balaban J connectivity index is 2.16. The van der Waals surface area contributed by atoms with Gasteiger partial charge < -0.3 is 14.6 Å². The number of aryl methyl sites for hydroxylation is 2. The zero-order valence-corrected chi connectivity index (χ0v) is 12.8. The second-order valence-electron chi connectivity index (χ2n) is 5.18. The van der Waals surface area contributed by atoms with Gasteiger partial charge in [0.1, 0.15) is 5.82 Å². The zero-order chi connectivity index (χ0) is 14.5. The highest BCUT2D eigenvalue weighted by Crippen LogP contribution is 2.23. The summed E-state index contributed by atoms with van der Waals surface area (Å²) in [5, 5.41) is 8.01. The first-order valence-electron chi connectivity index (χ1n) is 7.08. The molecule has 110 valence electrons. The lowest BCUT2D eigenvalue weighted by molar-refractivity contribution is 0.563. The van der Waals surface area contributed by atoms with Crippen LogP contribution in [0.25, 0.3) is 0 Å². The monoisotopic (exact) mass is 276 g/mol. The molecule has 2 rings (SSSR count). The fraction of sp³-hybridized carbons (Fsp3) is 0.533. The van der Waals surface area contributed by atoms with Crippen LogP contribution in [0.2, 0.25) is 0 Å². The predicted molar refractivity (Wildman–Crippen MR) is 80.8 cm³/mol. The van der Waals surface area contributed by atoms with Crippen molar-refractivity contribution in [2.24, 2.45) is 7.05 Å². The van der Waals surface area contributed by atoms with E-state index in [1.807, 2.05) is 17.8 Å². The molecule has 0 bridgehead atoms. The van der Waals surface area contributed by atoms with Gasteiger partial charge in [0.2, 0.25) is 0 Å². The molecule has 0 aromatic carbocycles. The minimum atomic E-state index is 0.816. The van der Waals surface area contributed by atoms with Gasteiger partial charge in [0, 0.05) is 38.3 Å². The lowest BCUT2D eigenvalue weighted by atomic mass is 10.2. The lowest BCUT2D eigenvalue weighted by Crippen LogP contribution is -2.22. The summed E-state index contributed by atoms with van der Waals surface area (Å²) in [4.78, 5) is 2.22. The van der Waals surface area contributed by atoms with Crippen molar-refractivity contribution in [1.82, 2.24) is 15.1 Å². The highest BCUT2D eigenvalue weighted by Gasteiger charge is 2.17. The van der Waals surface area contributed by atoms with E-state index in [0.717, 1.165) is 37.6 Å². The molecule has 0 atom stereocenters. The van der Waals surface area contributed by atoms with Crippen molar-refractivity contribution in [3.63, 3.8) is 0 Å². The molecule has 0 aliphatic rings. The summed E-state index contributed by atoms with van der Waals surface area (Å²) < 4.78 is 7.09. The largest absolute Gasteiger partial charge is 0.472 e. The van der Waals surface area contributed by atoms with Crippen molar-refractivity contribution in [3.8, 4) is 0 Å². The van der Waals surface area contributed by atoms with Gasteiger partial charge in [-0.05, 0) is 26.0 Å². The summed E-state index contributed by atoms with van der Waals surface area (Å²) in [7, 11) is 4.09. The van der Waals surface area contributed by atoms with Crippen LogP contribution in [0.5, 0.6) is 0 Å². The summed E-state index contributed by atoms with van der Waals surface area (Å²) in [6.45, 7) is 6.95. The molecule has 5 heteroatoms. The van der Waals surface area contributed by atoms with E-state index in [1.165, 1.54) is 11.1 Å². The Hall–Kier alpha value is -1.75. The van der Waals surface area contributed by atoms with E-state index in [9.17, 15) is 0 Å². The Morgan fingerprint density at radius 2 is 2.25 bits per heavy atom. The van der Waals surface area contributed by atoms with Gasteiger partial charge in [-0.2, -0.15) is 5.10 Å².